The molecule has 2 aliphatic carbocycles. The molecule has 2 saturated carbocycles. The maximum Gasteiger partial charge on any atom is 0.315 e. The molecule has 6 atom stereocenters. The molecule has 2 unspecified atom stereocenters. The largest absolute Gasteiger partial charge is 0.363 e. The van der Waals surface area contributed by atoms with Crippen molar-refractivity contribution in [2.45, 2.75) is 98.4 Å². The van der Waals surface area contributed by atoms with Crippen LogP contribution in [0.1, 0.15) is 67.7 Å². The number of likely N-dealkylation sites (tertiary alicyclic amines) is 1. The molecule has 3 fully saturated rings. The van der Waals surface area contributed by atoms with Gasteiger partial charge in [-0.25, -0.2) is 4.79 Å². The van der Waals surface area contributed by atoms with E-state index in [-0.39, 0.29) is 41.2 Å². The van der Waals surface area contributed by atoms with Crippen molar-refractivity contribution >= 4 is 29.5 Å². The van der Waals surface area contributed by atoms with Gasteiger partial charge in [-0.2, -0.15) is 0 Å². The lowest BCUT2D eigenvalue weighted by atomic mass is 9.85. The quantitative estimate of drug-likeness (QED) is 0.260. The number of piperidine rings is 1. The molecule has 0 bridgehead atoms. The van der Waals surface area contributed by atoms with Gasteiger partial charge in [-0.15, -0.1) is 0 Å². The van der Waals surface area contributed by atoms with Gasteiger partial charge in [0.2, 0.25) is 17.6 Å². The maximum atomic E-state index is 14.2. The molecule has 1 aromatic rings. The standard InChI is InChI=1S/C32H48N6O6/c1-17(2)21(16-37-13-9-8-10-22(37)39)35-30(44)36-26(31(3,4)5)29(43)38-15-19-23(32(19,6)7)24(38)28(42)34-20(14-18-11-12-18)25(40)27(33)41/h8-10,13,17-21,23-24,26H,11-12,14-16H2,1-7H3,(H2,33,41)(H,34,42)(H2,35,36,44)/t19-,20?,21+,23?,24-,26+/m0/s1. The lowest BCUT2D eigenvalue weighted by Crippen LogP contribution is -2.62. The first-order valence-electron chi connectivity index (χ1n) is 15.6. The number of aromatic nitrogens is 1. The third kappa shape index (κ3) is 7.15. The highest BCUT2D eigenvalue weighted by atomic mass is 16.2. The zero-order valence-electron chi connectivity index (χ0n) is 26.9. The molecule has 12 nitrogen and oxygen atoms in total. The fraction of sp³-hybridized carbons (Fsp3) is 0.688. The Morgan fingerprint density at radius 2 is 1.70 bits per heavy atom. The number of nitrogens with zero attached hydrogens (tertiary/aromatic N) is 2. The number of nitrogens with one attached hydrogen (secondary N) is 3. The highest BCUT2D eigenvalue weighted by Gasteiger charge is 2.70. The number of pyridine rings is 1. The summed E-state index contributed by atoms with van der Waals surface area (Å²) in [4.78, 5) is 79.5. The third-order valence-electron chi connectivity index (χ3n) is 9.70. The number of hydrogen-bond acceptors (Lipinski definition) is 6. The predicted molar refractivity (Wildman–Crippen MR) is 164 cm³/mol. The van der Waals surface area contributed by atoms with Crippen LogP contribution in [0.2, 0.25) is 0 Å². The molecular weight excluding hydrogens is 564 g/mol. The van der Waals surface area contributed by atoms with Crippen molar-refractivity contribution in [1.82, 2.24) is 25.4 Å². The average Bonchev–Trinajstić information content (AvgIpc) is 3.78. The molecule has 0 spiro atoms. The molecule has 1 saturated heterocycles. The van der Waals surface area contributed by atoms with Crippen LogP contribution in [0, 0.1) is 34.5 Å². The van der Waals surface area contributed by atoms with E-state index < -0.39 is 59.1 Å². The number of ketones is 1. The van der Waals surface area contributed by atoms with E-state index in [1.54, 1.807) is 18.3 Å². The van der Waals surface area contributed by atoms with Gasteiger partial charge in [0.05, 0.1) is 12.1 Å². The molecule has 12 heteroatoms. The van der Waals surface area contributed by atoms with Crippen LogP contribution < -0.4 is 27.2 Å². The van der Waals surface area contributed by atoms with E-state index in [4.69, 9.17) is 5.73 Å². The van der Waals surface area contributed by atoms with Crippen molar-refractivity contribution in [3.63, 3.8) is 0 Å². The molecule has 2 heterocycles. The Labute approximate surface area is 258 Å². The Bertz CT molecular complexity index is 1360. The van der Waals surface area contributed by atoms with Crippen molar-refractivity contribution in [2.24, 2.45) is 40.2 Å². The highest BCUT2D eigenvalue weighted by Crippen LogP contribution is 2.65. The first-order valence-corrected chi connectivity index (χ1v) is 15.6. The van der Waals surface area contributed by atoms with Crippen LogP contribution in [-0.4, -0.2) is 69.7 Å². The Morgan fingerprint density at radius 1 is 1.05 bits per heavy atom. The summed E-state index contributed by atoms with van der Waals surface area (Å²) >= 11 is 0. The maximum absolute atomic E-state index is 14.2. The first kappa shape index (κ1) is 33.2. The fourth-order valence-electron chi connectivity index (χ4n) is 6.56. The number of primary amides is 1. The number of carbonyl (C=O) groups is 5. The van der Waals surface area contributed by atoms with Crippen molar-refractivity contribution in [2.75, 3.05) is 6.54 Å². The summed E-state index contributed by atoms with van der Waals surface area (Å²) in [6.45, 7) is 14.1. The van der Waals surface area contributed by atoms with Gasteiger partial charge in [0.1, 0.15) is 12.1 Å². The van der Waals surface area contributed by atoms with Gasteiger partial charge in [0, 0.05) is 25.4 Å². The molecule has 44 heavy (non-hydrogen) atoms. The Morgan fingerprint density at radius 3 is 2.25 bits per heavy atom. The second kappa shape index (κ2) is 12.4. The summed E-state index contributed by atoms with van der Waals surface area (Å²) in [7, 11) is 0. The Balaban J connectivity index is 1.52. The van der Waals surface area contributed by atoms with E-state index in [0.29, 0.717) is 13.0 Å². The van der Waals surface area contributed by atoms with Gasteiger partial charge in [-0.3, -0.25) is 24.0 Å². The van der Waals surface area contributed by atoms with E-state index in [1.807, 2.05) is 34.6 Å². The van der Waals surface area contributed by atoms with Gasteiger partial charge < -0.3 is 31.2 Å². The van der Waals surface area contributed by atoms with Crippen LogP contribution in [0.4, 0.5) is 4.79 Å². The molecular formula is C32H48N6O6. The van der Waals surface area contributed by atoms with Crippen molar-refractivity contribution in [3.8, 4) is 0 Å². The number of carbonyl (C=O) groups excluding carboxylic acids is 5. The van der Waals surface area contributed by atoms with Crippen molar-refractivity contribution in [1.29, 1.82) is 0 Å². The van der Waals surface area contributed by atoms with Gasteiger partial charge in [0.25, 0.3) is 11.5 Å². The smallest absolute Gasteiger partial charge is 0.315 e. The van der Waals surface area contributed by atoms with E-state index in [0.717, 1.165) is 12.8 Å². The number of fused-ring (bicyclic) bond motifs is 1. The first-order chi connectivity index (χ1) is 20.4. The number of urea groups is 1. The average molecular weight is 613 g/mol. The molecule has 242 valence electrons. The number of Topliss-reactive ketones (excluding diaryl/α,β-unsaturated/α-hetero) is 1. The Hall–Kier alpha value is -3.70. The van der Waals surface area contributed by atoms with Crippen LogP contribution in [0.5, 0.6) is 0 Å². The summed E-state index contributed by atoms with van der Waals surface area (Å²) in [6.07, 6.45) is 3.84. The van der Waals surface area contributed by atoms with Gasteiger partial charge >= 0.3 is 6.03 Å². The molecule has 3 aliphatic rings. The molecule has 1 aromatic heterocycles. The van der Waals surface area contributed by atoms with Crippen molar-refractivity contribution < 1.29 is 24.0 Å². The zero-order valence-corrected chi connectivity index (χ0v) is 26.9. The van der Waals surface area contributed by atoms with Crippen LogP contribution >= 0.6 is 0 Å². The van der Waals surface area contributed by atoms with Crippen LogP contribution in [-0.2, 0) is 25.7 Å². The third-order valence-corrected chi connectivity index (χ3v) is 9.70. The van der Waals surface area contributed by atoms with E-state index in [1.165, 1.54) is 15.5 Å². The molecule has 1 aliphatic heterocycles. The minimum atomic E-state index is -1.10. The second-order valence-electron chi connectivity index (χ2n) is 14.8. The summed E-state index contributed by atoms with van der Waals surface area (Å²) in [6, 6.07) is 1.06. The SMILES string of the molecule is CC(C)[C@@H](Cn1ccccc1=O)NC(=O)N[C@H](C(=O)N1C[C@H]2C([C@H]1C(=O)NC(CC1CC1)C(=O)C(N)=O)C2(C)C)C(C)(C)C. The van der Waals surface area contributed by atoms with Crippen molar-refractivity contribution in [3.05, 3.63) is 34.7 Å². The lowest BCUT2D eigenvalue weighted by Gasteiger charge is -2.38. The topological polar surface area (TPSA) is 173 Å². The van der Waals surface area contributed by atoms with E-state index in [9.17, 15) is 28.8 Å². The summed E-state index contributed by atoms with van der Waals surface area (Å²) in [5, 5.41) is 8.56. The summed E-state index contributed by atoms with van der Waals surface area (Å²) in [5.74, 6) is -2.61. The monoisotopic (exact) mass is 612 g/mol. The molecule has 4 rings (SSSR count). The number of rotatable bonds is 12. The number of hydrogen-bond donors (Lipinski definition) is 4. The predicted octanol–water partition coefficient (Wildman–Crippen LogP) is 1.41. The number of nitrogens with two attached hydrogens (primary N) is 1. The van der Waals surface area contributed by atoms with Gasteiger partial charge in [0.15, 0.2) is 0 Å². The normalized spacial score (nSPS) is 24.1. The minimum absolute atomic E-state index is 0.00987. The van der Waals surface area contributed by atoms with Crippen LogP contribution in [0.15, 0.2) is 29.2 Å². The molecule has 5 N–H and O–H groups in total. The summed E-state index contributed by atoms with van der Waals surface area (Å²) < 4.78 is 1.53. The van der Waals surface area contributed by atoms with Crippen LogP contribution in [0.3, 0.4) is 0 Å². The fourth-order valence-corrected chi connectivity index (χ4v) is 6.56. The second-order valence-corrected chi connectivity index (χ2v) is 14.8. The molecule has 0 radical (unpaired) electrons. The van der Waals surface area contributed by atoms with Gasteiger partial charge in [-0.05, 0) is 47.0 Å². The zero-order chi connectivity index (χ0) is 32.7. The number of amides is 5. The Kier molecular flexibility index (Phi) is 9.32. The molecule has 0 aromatic carbocycles. The molecule has 5 amide bonds. The lowest BCUT2D eigenvalue weighted by molar-refractivity contribution is -0.145. The van der Waals surface area contributed by atoms with E-state index in [2.05, 4.69) is 29.8 Å². The van der Waals surface area contributed by atoms with Crippen LogP contribution in [0.25, 0.3) is 0 Å². The highest BCUT2D eigenvalue weighted by molar-refractivity contribution is 6.37. The van der Waals surface area contributed by atoms with E-state index >= 15 is 0 Å². The summed E-state index contributed by atoms with van der Waals surface area (Å²) in [5.41, 5.74) is 4.22. The minimum Gasteiger partial charge on any atom is -0.363 e. The van der Waals surface area contributed by atoms with Gasteiger partial charge in [-0.1, -0.05) is 67.4 Å².